The molecule has 3 unspecified atom stereocenters. The Kier molecular flexibility index (Phi) is 6.78. The summed E-state index contributed by atoms with van der Waals surface area (Å²) in [6.07, 6.45) is 4.93. The maximum atomic E-state index is 12.9. The number of fused-ring (bicyclic) bond motifs is 1. The molecule has 0 bridgehead atoms. The average molecular weight is 415 g/mol. The lowest BCUT2D eigenvalue weighted by Crippen LogP contribution is -2.45. The zero-order valence-corrected chi connectivity index (χ0v) is 18.9. The van der Waals surface area contributed by atoms with E-state index in [0.717, 1.165) is 18.5 Å². The zero-order chi connectivity index (χ0) is 22.0. The number of carbonyl (C=O) groups is 2. The van der Waals surface area contributed by atoms with Crippen LogP contribution in [0.4, 0.5) is 0 Å². The van der Waals surface area contributed by atoms with Gasteiger partial charge in [-0.15, -0.1) is 0 Å². The largest absolute Gasteiger partial charge is 0.452 e. The van der Waals surface area contributed by atoms with E-state index < -0.39 is 5.97 Å². The summed E-state index contributed by atoms with van der Waals surface area (Å²) in [5.41, 5.74) is 1.87. The smallest absolute Gasteiger partial charge is 0.339 e. The van der Waals surface area contributed by atoms with Crippen LogP contribution in [0.3, 0.4) is 0 Å². The number of rotatable bonds is 6. The SMILES string of the molecule is CC(C)c1cc(C(=O)OCC(=O)NC2CCCC(C)C2C)c2cnn(C(C)C)c2n1. The van der Waals surface area contributed by atoms with Gasteiger partial charge in [0, 0.05) is 17.8 Å². The van der Waals surface area contributed by atoms with Crippen molar-refractivity contribution in [1.82, 2.24) is 20.1 Å². The first-order chi connectivity index (χ1) is 14.2. The molecule has 2 aromatic heterocycles. The molecule has 2 heterocycles. The summed E-state index contributed by atoms with van der Waals surface area (Å²) in [6.45, 7) is 12.2. The number of hydrogen-bond donors (Lipinski definition) is 1. The molecular formula is C23H34N4O3. The molecule has 7 heteroatoms. The summed E-state index contributed by atoms with van der Waals surface area (Å²) >= 11 is 0. The van der Waals surface area contributed by atoms with Crippen molar-refractivity contribution in [1.29, 1.82) is 0 Å². The maximum absolute atomic E-state index is 12.9. The predicted octanol–water partition coefficient (Wildman–Crippen LogP) is 4.23. The van der Waals surface area contributed by atoms with E-state index in [1.807, 2.05) is 27.7 Å². The number of hydrogen-bond acceptors (Lipinski definition) is 5. The van der Waals surface area contributed by atoms with Crippen LogP contribution in [0, 0.1) is 11.8 Å². The quantitative estimate of drug-likeness (QED) is 0.715. The Morgan fingerprint density at radius 1 is 1.23 bits per heavy atom. The van der Waals surface area contributed by atoms with Gasteiger partial charge in [0.2, 0.25) is 0 Å². The van der Waals surface area contributed by atoms with Crippen molar-refractivity contribution in [2.45, 2.75) is 78.8 Å². The minimum absolute atomic E-state index is 0.118. The molecular weight excluding hydrogens is 380 g/mol. The first-order valence-electron chi connectivity index (χ1n) is 11.0. The van der Waals surface area contributed by atoms with Crippen molar-refractivity contribution in [3.05, 3.63) is 23.5 Å². The Balaban J connectivity index is 1.74. The van der Waals surface area contributed by atoms with Gasteiger partial charge in [-0.25, -0.2) is 14.5 Å². The van der Waals surface area contributed by atoms with Gasteiger partial charge in [-0.2, -0.15) is 5.10 Å². The van der Waals surface area contributed by atoms with Crippen molar-refractivity contribution in [2.75, 3.05) is 6.61 Å². The number of pyridine rings is 1. The Labute approximate surface area is 178 Å². The van der Waals surface area contributed by atoms with Gasteiger partial charge in [0.25, 0.3) is 5.91 Å². The fourth-order valence-corrected chi connectivity index (χ4v) is 4.12. The third-order valence-corrected chi connectivity index (χ3v) is 6.27. The van der Waals surface area contributed by atoms with Crippen LogP contribution in [-0.2, 0) is 9.53 Å². The Bertz CT molecular complexity index is 919. The van der Waals surface area contributed by atoms with Gasteiger partial charge >= 0.3 is 5.97 Å². The lowest BCUT2D eigenvalue weighted by Gasteiger charge is -2.34. The van der Waals surface area contributed by atoms with Crippen LogP contribution in [0.2, 0.25) is 0 Å². The highest BCUT2D eigenvalue weighted by Gasteiger charge is 2.28. The normalized spacial score (nSPS) is 21.9. The van der Waals surface area contributed by atoms with Gasteiger partial charge in [0.05, 0.1) is 17.1 Å². The van der Waals surface area contributed by atoms with Crippen molar-refractivity contribution in [3.8, 4) is 0 Å². The van der Waals surface area contributed by atoms with E-state index in [1.165, 1.54) is 6.42 Å². The van der Waals surface area contributed by atoms with E-state index in [2.05, 4.69) is 24.3 Å². The molecule has 0 aromatic carbocycles. The second-order valence-electron chi connectivity index (χ2n) is 9.19. The average Bonchev–Trinajstić information content (AvgIpc) is 3.13. The summed E-state index contributed by atoms with van der Waals surface area (Å²) in [6, 6.07) is 2.01. The molecule has 1 aliphatic rings. The van der Waals surface area contributed by atoms with Crippen LogP contribution < -0.4 is 5.32 Å². The number of nitrogens with zero attached hydrogens (tertiary/aromatic N) is 3. The Morgan fingerprint density at radius 3 is 2.63 bits per heavy atom. The Morgan fingerprint density at radius 2 is 1.97 bits per heavy atom. The van der Waals surface area contributed by atoms with Gasteiger partial charge in [-0.1, -0.05) is 40.5 Å². The second-order valence-corrected chi connectivity index (χ2v) is 9.19. The van der Waals surface area contributed by atoms with Gasteiger partial charge in [0.1, 0.15) is 0 Å². The van der Waals surface area contributed by atoms with Crippen LogP contribution in [0.5, 0.6) is 0 Å². The molecule has 164 valence electrons. The molecule has 1 fully saturated rings. The molecule has 3 rings (SSSR count). The number of carbonyl (C=O) groups excluding carboxylic acids is 2. The van der Waals surface area contributed by atoms with E-state index in [9.17, 15) is 9.59 Å². The van der Waals surface area contributed by atoms with E-state index in [-0.39, 0.29) is 30.5 Å². The van der Waals surface area contributed by atoms with Gasteiger partial charge in [-0.05, 0) is 44.1 Å². The third kappa shape index (κ3) is 4.65. The molecule has 0 radical (unpaired) electrons. The predicted molar refractivity (Wildman–Crippen MR) is 116 cm³/mol. The number of ether oxygens (including phenoxy) is 1. The molecule has 7 nitrogen and oxygen atoms in total. The fourth-order valence-electron chi connectivity index (χ4n) is 4.12. The lowest BCUT2D eigenvalue weighted by atomic mass is 9.78. The summed E-state index contributed by atoms with van der Waals surface area (Å²) in [4.78, 5) is 30.0. The summed E-state index contributed by atoms with van der Waals surface area (Å²) in [7, 11) is 0. The fraction of sp³-hybridized carbons (Fsp3) is 0.652. The molecule has 0 spiro atoms. The van der Waals surface area contributed by atoms with Crippen LogP contribution >= 0.6 is 0 Å². The Hall–Kier alpha value is -2.44. The molecule has 0 aliphatic heterocycles. The summed E-state index contributed by atoms with van der Waals surface area (Å²) in [5.74, 6) is 0.390. The highest BCUT2D eigenvalue weighted by atomic mass is 16.5. The van der Waals surface area contributed by atoms with E-state index in [1.54, 1.807) is 16.9 Å². The molecule has 30 heavy (non-hydrogen) atoms. The van der Waals surface area contributed by atoms with Crippen molar-refractivity contribution in [2.24, 2.45) is 11.8 Å². The molecule has 1 saturated carbocycles. The minimum Gasteiger partial charge on any atom is -0.452 e. The summed E-state index contributed by atoms with van der Waals surface area (Å²) in [5, 5.41) is 8.09. The van der Waals surface area contributed by atoms with Crippen molar-refractivity contribution >= 4 is 22.9 Å². The number of esters is 1. The van der Waals surface area contributed by atoms with Crippen LogP contribution in [0.15, 0.2) is 12.3 Å². The van der Waals surface area contributed by atoms with Gasteiger partial charge < -0.3 is 10.1 Å². The lowest BCUT2D eigenvalue weighted by molar-refractivity contribution is -0.125. The molecule has 3 atom stereocenters. The topological polar surface area (TPSA) is 86.1 Å². The number of nitrogens with one attached hydrogen (secondary N) is 1. The van der Waals surface area contributed by atoms with Crippen LogP contribution in [0.1, 0.15) is 88.8 Å². The molecule has 1 aliphatic carbocycles. The van der Waals surface area contributed by atoms with E-state index in [0.29, 0.717) is 28.4 Å². The van der Waals surface area contributed by atoms with E-state index in [4.69, 9.17) is 9.72 Å². The molecule has 1 N–H and O–H groups in total. The maximum Gasteiger partial charge on any atom is 0.339 e. The van der Waals surface area contributed by atoms with Gasteiger partial charge in [-0.3, -0.25) is 4.79 Å². The first kappa shape index (κ1) is 22.2. The molecule has 1 amide bonds. The van der Waals surface area contributed by atoms with E-state index >= 15 is 0 Å². The standard InChI is InChI=1S/C23H34N4O3/c1-13(2)20-10-17(18-11-24-27(14(3)4)22(18)26-20)23(29)30-12-21(28)25-19-9-7-8-15(5)16(19)6/h10-11,13-16,19H,7-9,12H2,1-6H3,(H,25,28). The molecule has 0 saturated heterocycles. The minimum atomic E-state index is -0.521. The second kappa shape index (κ2) is 9.14. The summed E-state index contributed by atoms with van der Waals surface area (Å²) < 4.78 is 7.19. The first-order valence-corrected chi connectivity index (χ1v) is 11.0. The van der Waals surface area contributed by atoms with Gasteiger partial charge in [0.15, 0.2) is 12.3 Å². The van der Waals surface area contributed by atoms with Crippen LogP contribution in [-0.4, -0.2) is 39.3 Å². The highest BCUT2D eigenvalue weighted by molar-refractivity contribution is 6.03. The number of aromatic nitrogens is 3. The zero-order valence-electron chi connectivity index (χ0n) is 18.9. The van der Waals surface area contributed by atoms with Crippen molar-refractivity contribution < 1.29 is 14.3 Å². The number of amides is 1. The highest BCUT2D eigenvalue weighted by Crippen LogP contribution is 2.29. The molecule has 2 aromatic rings. The third-order valence-electron chi connectivity index (χ3n) is 6.27. The monoisotopic (exact) mass is 414 g/mol. The van der Waals surface area contributed by atoms with Crippen LogP contribution in [0.25, 0.3) is 11.0 Å². The van der Waals surface area contributed by atoms with Crippen molar-refractivity contribution in [3.63, 3.8) is 0 Å².